The molecule has 0 aliphatic carbocycles. The molecule has 0 spiro atoms. The van der Waals surface area contributed by atoms with E-state index in [1.165, 1.54) is 11.3 Å². The highest BCUT2D eigenvalue weighted by Gasteiger charge is 2.33. The first-order valence-corrected chi connectivity index (χ1v) is 8.72. The molecule has 1 aromatic carbocycles. The highest BCUT2D eigenvalue weighted by atomic mass is 32.1. The molecule has 3 aromatic rings. The van der Waals surface area contributed by atoms with E-state index in [-0.39, 0.29) is 24.8 Å². The quantitative estimate of drug-likeness (QED) is 0.771. The number of hydrogen-bond acceptors (Lipinski definition) is 5. The third-order valence-electron chi connectivity index (χ3n) is 4.09. The Balaban J connectivity index is 1.61. The van der Waals surface area contributed by atoms with Crippen molar-refractivity contribution in [2.24, 2.45) is 0 Å². The molecule has 4 rings (SSSR count). The Bertz CT molecular complexity index is 920. The minimum Gasteiger partial charge on any atom is -0.477 e. The van der Waals surface area contributed by atoms with Gasteiger partial charge in [0.15, 0.2) is 11.1 Å². The Hall–Kier alpha value is -2.87. The summed E-state index contributed by atoms with van der Waals surface area (Å²) in [5.74, 6) is 0.159. The van der Waals surface area contributed by atoms with Gasteiger partial charge in [-0.1, -0.05) is 12.1 Å². The Kier molecular flexibility index (Phi) is 3.89. The van der Waals surface area contributed by atoms with Gasteiger partial charge in [0.2, 0.25) is 5.91 Å². The van der Waals surface area contributed by atoms with Crippen LogP contribution >= 0.6 is 11.3 Å². The van der Waals surface area contributed by atoms with E-state index in [1.807, 2.05) is 40.4 Å². The number of amides is 2. The molecule has 2 amide bonds. The van der Waals surface area contributed by atoms with E-state index in [9.17, 15) is 9.59 Å². The van der Waals surface area contributed by atoms with Crippen molar-refractivity contribution in [3.63, 3.8) is 0 Å². The predicted molar refractivity (Wildman–Crippen MR) is 94.1 cm³/mol. The van der Waals surface area contributed by atoms with Crippen molar-refractivity contribution in [3.05, 3.63) is 47.7 Å². The maximum absolute atomic E-state index is 12.9. The van der Waals surface area contributed by atoms with E-state index in [0.717, 1.165) is 4.96 Å². The SMILES string of the molecule is CNC(=O)[C@@H]1CN(C(=O)Cc2cn3ccsc3n2)c2ccccc2O1. The molecule has 1 aliphatic heterocycles. The van der Waals surface area contributed by atoms with Crippen LogP contribution in [0.4, 0.5) is 5.69 Å². The minimum absolute atomic E-state index is 0.115. The zero-order valence-corrected chi connectivity index (χ0v) is 14.3. The molecule has 128 valence electrons. The fraction of sp³-hybridized carbons (Fsp3) is 0.235. The zero-order chi connectivity index (χ0) is 17.4. The number of thiazole rings is 1. The summed E-state index contributed by atoms with van der Waals surface area (Å²) in [6.07, 6.45) is 3.21. The number of imidazole rings is 1. The van der Waals surface area contributed by atoms with Gasteiger partial charge in [-0.15, -0.1) is 11.3 Å². The average molecular weight is 356 g/mol. The fourth-order valence-corrected chi connectivity index (χ4v) is 3.60. The van der Waals surface area contributed by atoms with Gasteiger partial charge in [0.1, 0.15) is 5.75 Å². The number of likely N-dealkylation sites (N-methyl/N-ethyl adjacent to an activating group) is 1. The molecule has 1 aliphatic rings. The van der Waals surface area contributed by atoms with Crippen molar-refractivity contribution in [3.8, 4) is 5.75 Å². The maximum Gasteiger partial charge on any atom is 0.262 e. The molecule has 0 radical (unpaired) electrons. The van der Waals surface area contributed by atoms with Crippen LogP contribution in [-0.4, -0.2) is 40.9 Å². The smallest absolute Gasteiger partial charge is 0.262 e. The summed E-state index contributed by atoms with van der Waals surface area (Å²) in [7, 11) is 1.55. The topological polar surface area (TPSA) is 75.9 Å². The van der Waals surface area contributed by atoms with E-state index in [4.69, 9.17) is 4.74 Å². The molecule has 3 heterocycles. The maximum atomic E-state index is 12.9. The molecule has 0 unspecified atom stereocenters. The number of ether oxygens (including phenoxy) is 1. The van der Waals surface area contributed by atoms with Gasteiger partial charge in [0, 0.05) is 24.8 Å². The van der Waals surface area contributed by atoms with Gasteiger partial charge in [-0.05, 0) is 12.1 Å². The van der Waals surface area contributed by atoms with Crippen molar-refractivity contribution in [1.82, 2.24) is 14.7 Å². The number of carbonyl (C=O) groups excluding carboxylic acids is 2. The third-order valence-corrected chi connectivity index (χ3v) is 4.86. The number of benzene rings is 1. The van der Waals surface area contributed by atoms with E-state index in [1.54, 1.807) is 18.0 Å². The Morgan fingerprint density at radius 3 is 3.04 bits per heavy atom. The van der Waals surface area contributed by atoms with Crippen LogP contribution in [0, 0.1) is 0 Å². The monoisotopic (exact) mass is 356 g/mol. The average Bonchev–Trinajstić information content (AvgIpc) is 3.21. The van der Waals surface area contributed by atoms with Crippen LogP contribution < -0.4 is 15.0 Å². The van der Waals surface area contributed by atoms with Crippen molar-refractivity contribution in [2.45, 2.75) is 12.5 Å². The zero-order valence-electron chi connectivity index (χ0n) is 13.5. The highest BCUT2D eigenvalue weighted by Crippen LogP contribution is 2.33. The lowest BCUT2D eigenvalue weighted by Gasteiger charge is -2.33. The van der Waals surface area contributed by atoms with Gasteiger partial charge in [-0.25, -0.2) is 4.98 Å². The lowest BCUT2D eigenvalue weighted by Crippen LogP contribution is -2.50. The van der Waals surface area contributed by atoms with Gasteiger partial charge in [-0.2, -0.15) is 0 Å². The van der Waals surface area contributed by atoms with E-state index in [0.29, 0.717) is 17.1 Å². The second-order valence-corrected chi connectivity index (χ2v) is 6.57. The van der Waals surface area contributed by atoms with Crippen molar-refractivity contribution < 1.29 is 14.3 Å². The number of carbonyl (C=O) groups is 2. The van der Waals surface area contributed by atoms with Crippen molar-refractivity contribution >= 4 is 33.8 Å². The van der Waals surface area contributed by atoms with Crippen LogP contribution in [0.25, 0.3) is 4.96 Å². The predicted octanol–water partition coefficient (Wildman–Crippen LogP) is 1.48. The molecule has 25 heavy (non-hydrogen) atoms. The lowest BCUT2D eigenvalue weighted by molar-refractivity contribution is -0.127. The Morgan fingerprint density at radius 2 is 2.24 bits per heavy atom. The molecular weight excluding hydrogens is 340 g/mol. The normalized spacial score (nSPS) is 16.4. The summed E-state index contributed by atoms with van der Waals surface area (Å²) in [6.45, 7) is 0.178. The second-order valence-electron chi connectivity index (χ2n) is 5.69. The molecule has 7 nitrogen and oxygen atoms in total. The molecule has 0 fully saturated rings. The van der Waals surface area contributed by atoms with E-state index in [2.05, 4.69) is 10.3 Å². The molecule has 8 heteroatoms. The Labute approximate surface area is 147 Å². The fourth-order valence-electron chi connectivity index (χ4n) is 2.88. The summed E-state index contributed by atoms with van der Waals surface area (Å²) in [5, 5.41) is 4.52. The molecule has 0 saturated heterocycles. The van der Waals surface area contributed by atoms with Crippen molar-refractivity contribution in [1.29, 1.82) is 0 Å². The van der Waals surface area contributed by atoms with Crippen LogP contribution in [0.3, 0.4) is 0 Å². The first-order valence-electron chi connectivity index (χ1n) is 7.84. The Morgan fingerprint density at radius 1 is 1.40 bits per heavy atom. The number of nitrogens with one attached hydrogen (secondary N) is 1. The van der Waals surface area contributed by atoms with E-state index >= 15 is 0 Å². The second kappa shape index (κ2) is 6.21. The summed E-state index contributed by atoms with van der Waals surface area (Å²) in [4.78, 5) is 31.8. The van der Waals surface area contributed by atoms with Crippen LogP contribution in [0.5, 0.6) is 5.75 Å². The summed E-state index contributed by atoms with van der Waals surface area (Å²) >= 11 is 1.52. The largest absolute Gasteiger partial charge is 0.477 e. The summed E-state index contributed by atoms with van der Waals surface area (Å²) in [6, 6.07) is 7.24. The number of para-hydroxylation sites is 2. The molecule has 0 bridgehead atoms. The molecule has 2 aromatic heterocycles. The van der Waals surface area contributed by atoms with Crippen LogP contribution in [0.1, 0.15) is 5.69 Å². The first kappa shape index (κ1) is 15.6. The molecule has 0 saturated carbocycles. The number of anilines is 1. The molecule has 1 N–H and O–H groups in total. The first-order chi connectivity index (χ1) is 12.2. The van der Waals surface area contributed by atoms with Gasteiger partial charge >= 0.3 is 0 Å². The number of fused-ring (bicyclic) bond motifs is 2. The van der Waals surface area contributed by atoms with Gasteiger partial charge in [-0.3, -0.25) is 14.0 Å². The summed E-state index contributed by atoms with van der Waals surface area (Å²) < 4.78 is 7.62. The van der Waals surface area contributed by atoms with Crippen LogP contribution in [0.2, 0.25) is 0 Å². The van der Waals surface area contributed by atoms with E-state index < -0.39 is 6.10 Å². The number of rotatable bonds is 3. The lowest BCUT2D eigenvalue weighted by atomic mass is 10.1. The number of hydrogen-bond donors (Lipinski definition) is 1. The minimum atomic E-state index is -0.727. The van der Waals surface area contributed by atoms with Crippen LogP contribution in [-0.2, 0) is 16.0 Å². The number of nitrogens with zero attached hydrogens (tertiary/aromatic N) is 3. The third kappa shape index (κ3) is 2.85. The standard InChI is InChI=1S/C17H16N4O3S/c1-18-16(23)14-10-21(12-4-2-3-5-13(12)24-14)15(22)8-11-9-20-6-7-25-17(20)19-11/h2-7,9,14H,8,10H2,1H3,(H,18,23)/t14-/m0/s1. The summed E-state index contributed by atoms with van der Waals surface area (Å²) in [5.41, 5.74) is 1.38. The van der Waals surface area contributed by atoms with Gasteiger partial charge in [0.25, 0.3) is 5.91 Å². The van der Waals surface area contributed by atoms with Crippen LogP contribution in [0.15, 0.2) is 42.0 Å². The van der Waals surface area contributed by atoms with Gasteiger partial charge < -0.3 is 15.0 Å². The molecular formula is C17H16N4O3S. The molecule has 1 atom stereocenters. The van der Waals surface area contributed by atoms with Gasteiger partial charge in [0.05, 0.1) is 24.3 Å². The highest BCUT2D eigenvalue weighted by molar-refractivity contribution is 7.15. The number of aromatic nitrogens is 2. The van der Waals surface area contributed by atoms with Crippen molar-refractivity contribution in [2.75, 3.05) is 18.5 Å².